The van der Waals surface area contributed by atoms with Crippen molar-refractivity contribution >= 4 is 11.9 Å². The Balaban J connectivity index is 2.38. The fraction of sp³-hybridized carbons (Fsp3) is 0.882. The van der Waals surface area contributed by atoms with Gasteiger partial charge in [-0.1, -0.05) is 182 Å². The highest BCUT2D eigenvalue weighted by molar-refractivity contribution is 5.72. The topological polar surface area (TPSA) is 60.8 Å². The van der Waals surface area contributed by atoms with Gasteiger partial charge in [-0.25, -0.2) is 0 Å². The zero-order valence-corrected chi connectivity index (χ0v) is 38.6. The maximum atomic E-state index is 13.0. The van der Waals surface area contributed by atoms with Crippen LogP contribution < -0.4 is 0 Å². The van der Waals surface area contributed by atoms with Gasteiger partial charge in [-0.15, -0.1) is 0 Å². The van der Waals surface area contributed by atoms with Crippen molar-refractivity contribution in [3.8, 4) is 0 Å². The first-order valence-electron chi connectivity index (χ1n) is 25.2. The summed E-state index contributed by atoms with van der Waals surface area (Å²) in [4.78, 5) is 28.8. The minimum Gasteiger partial charge on any atom is -0.465 e. The average Bonchev–Trinajstić information content (AvgIpc) is 3.74. The summed E-state index contributed by atoms with van der Waals surface area (Å²) >= 11 is 0. The molecule has 1 heterocycles. The van der Waals surface area contributed by atoms with Crippen LogP contribution in [0.2, 0.25) is 0 Å². The molecule has 0 radical (unpaired) electrons. The van der Waals surface area contributed by atoms with Gasteiger partial charge in [0.2, 0.25) is 0 Å². The number of ether oxygens (including phenoxy) is 2. The smallest absolute Gasteiger partial charge is 0.308 e. The first-order valence-corrected chi connectivity index (χ1v) is 25.2. The molecular weight excluding hydrogens is 705 g/mol. The lowest BCUT2D eigenvalue weighted by atomic mass is 9.94. The van der Waals surface area contributed by atoms with E-state index in [4.69, 9.17) is 9.47 Å². The van der Waals surface area contributed by atoms with E-state index in [1.807, 2.05) is 0 Å². The van der Waals surface area contributed by atoms with Gasteiger partial charge in [-0.3, -0.25) is 9.59 Å². The van der Waals surface area contributed by atoms with Crippen molar-refractivity contribution in [3.63, 3.8) is 0 Å². The molecule has 2 unspecified atom stereocenters. The van der Waals surface area contributed by atoms with Gasteiger partial charge in [-0.05, 0) is 89.6 Å². The number of aromatic nitrogens is 1. The van der Waals surface area contributed by atoms with Crippen LogP contribution in [0.25, 0.3) is 0 Å². The lowest BCUT2D eigenvalue weighted by Gasteiger charge is -2.22. The molecule has 2 atom stereocenters. The number of rotatable bonds is 44. The third-order valence-electron chi connectivity index (χ3n) is 12.1. The van der Waals surface area contributed by atoms with Crippen LogP contribution in [0.4, 0.5) is 0 Å². The molecule has 0 saturated heterocycles. The van der Waals surface area contributed by atoms with Crippen LogP contribution in [0.1, 0.15) is 240 Å². The molecule has 0 amide bonds. The number of hydrogen-bond donors (Lipinski definition) is 0. The van der Waals surface area contributed by atoms with Crippen molar-refractivity contribution in [2.75, 3.05) is 32.8 Å². The number of carbonyl (C=O) groups excluding carboxylic acids is 2. The molecule has 0 aliphatic heterocycles. The van der Waals surface area contributed by atoms with Crippen molar-refractivity contribution in [2.45, 2.75) is 246 Å². The van der Waals surface area contributed by atoms with E-state index in [0.717, 1.165) is 110 Å². The molecule has 1 rings (SSSR count). The van der Waals surface area contributed by atoms with E-state index < -0.39 is 0 Å². The van der Waals surface area contributed by atoms with Crippen molar-refractivity contribution in [1.82, 2.24) is 9.47 Å². The molecule has 0 aliphatic rings. The summed E-state index contributed by atoms with van der Waals surface area (Å²) in [5, 5.41) is 0. The number of nitrogens with zero attached hydrogens (tertiary/aromatic N) is 2. The highest BCUT2D eigenvalue weighted by Gasteiger charge is 2.20. The minimum absolute atomic E-state index is 0.0672. The fourth-order valence-corrected chi connectivity index (χ4v) is 8.23. The van der Waals surface area contributed by atoms with Gasteiger partial charge < -0.3 is 18.9 Å². The summed E-state index contributed by atoms with van der Waals surface area (Å²) in [6.45, 7) is 14.7. The molecule has 1 aromatic heterocycles. The largest absolute Gasteiger partial charge is 0.465 e. The Bertz CT molecular complexity index is 924. The first kappa shape index (κ1) is 53.2. The molecule has 0 fully saturated rings. The van der Waals surface area contributed by atoms with Gasteiger partial charge in [0, 0.05) is 18.9 Å². The van der Waals surface area contributed by atoms with Gasteiger partial charge in [-0.2, -0.15) is 0 Å². The quantitative estimate of drug-likeness (QED) is 0.0486. The molecule has 0 bridgehead atoms. The van der Waals surface area contributed by atoms with Gasteiger partial charge >= 0.3 is 11.9 Å². The molecule has 0 aromatic carbocycles. The molecule has 0 N–H and O–H groups in total. The standard InChI is InChI=1S/C51H96N2O4/c1-5-9-13-17-19-27-38-48(36-25-15-11-7-3)50(54)56-46-33-23-21-29-40-52(44-35-45-53-42-31-32-43-53)41-30-22-24-34-47-57-51(55)49(37-26-16-12-8-4)39-28-20-18-14-10-6-2/h31-32,42-43,48-49H,5-30,33-41,44-47H2,1-4H3. The Morgan fingerprint density at radius 2 is 0.737 bits per heavy atom. The van der Waals surface area contributed by atoms with Crippen LogP contribution in [0.5, 0.6) is 0 Å². The third kappa shape index (κ3) is 32.7. The zero-order chi connectivity index (χ0) is 41.3. The van der Waals surface area contributed by atoms with Crippen molar-refractivity contribution < 1.29 is 19.1 Å². The lowest BCUT2D eigenvalue weighted by Crippen LogP contribution is -2.28. The van der Waals surface area contributed by atoms with E-state index in [0.29, 0.717) is 13.2 Å². The summed E-state index contributed by atoms with van der Waals surface area (Å²) < 4.78 is 14.0. The molecule has 6 nitrogen and oxygen atoms in total. The number of hydrogen-bond acceptors (Lipinski definition) is 5. The molecule has 6 heteroatoms. The number of carbonyl (C=O) groups is 2. The molecule has 0 spiro atoms. The molecule has 334 valence electrons. The maximum Gasteiger partial charge on any atom is 0.308 e. The normalized spacial score (nSPS) is 12.6. The summed E-state index contributed by atoms with van der Waals surface area (Å²) in [5.74, 6) is 0.329. The predicted molar refractivity (Wildman–Crippen MR) is 245 cm³/mol. The average molecular weight is 801 g/mol. The van der Waals surface area contributed by atoms with E-state index in [1.54, 1.807) is 0 Å². The summed E-state index contributed by atoms with van der Waals surface area (Å²) in [6.07, 6.45) is 43.5. The van der Waals surface area contributed by atoms with E-state index in [9.17, 15) is 9.59 Å². The van der Waals surface area contributed by atoms with E-state index >= 15 is 0 Å². The minimum atomic E-state index is 0.0672. The lowest BCUT2D eigenvalue weighted by molar-refractivity contribution is -0.150. The fourth-order valence-electron chi connectivity index (χ4n) is 8.23. The van der Waals surface area contributed by atoms with Gasteiger partial charge in [0.1, 0.15) is 0 Å². The van der Waals surface area contributed by atoms with Gasteiger partial charge in [0.25, 0.3) is 0 Å². The molecule has 0 aliphatic carbocycles. The number of unbranched alkanes of at least 4 members (excludes halogenated alkanes) is 22. The van der Waals surface area contributed by atoms with Crippen LogP contribution in [-0.2, 0) is 25.6 Å². The Morgan fingerprint density at radius 1 is 0.421 bits per heavy atom. The van der Waals surface area contributed by atoms with Crippen molar-refractivity contribution in [1.29, 1.82) is 0 Å². The summed E-state index contributed by atoms with van der Waals surface area (Å²) in [6, 6.07) is 4.22. The number of esters is 2. The van der Waals surface area contributed by atoms with Crippen LogP contribution in [0.3, 0.4) is 0 Å². The Kier molecular flexibility index (Phi) is 38.2. The second kappa shape index (κ2) is 40.9. The van der Waals surface area contributed by atoms with E-state index in [1.165, 1.54) is 128 Å². The zero-order valence-electron chi connectivity index (χ0n) is 38.6. The molecule has 57 heavy (non-hydrogen) atoms. The van der Waals surface area contributed by atoms with Crippen molar-refractivity contribution in [3.05, 3.63) is 24.5 Å². The van der Waals surface area contributed by atoms with Gasteiger partial charge in [0.05, 0.1) is 25.0 Å². The highest BCUT2D eigenvalue weighted by atomic mass is 16.5. The van der Waals surface area contributed by atoms with Gasteiger partial charge in [0.15, 0.2) is 0 Å². The van der Waals surface area contributed by atoms with Crippen LogP contribution >= 0.6 is 0 Å². The molecule has 1 aromatic rings. The second-order valence-electron chi connectivity index (χ2n) is 17.5. The van der Waals surface area contributed by atoms with Crippen LogP contribution in [0, 0.1) is 11.8 Å². The molecular formula is C51H96N2O4. The third-order valence-corrected chi connectivity index (χ3v) is 12.1. The molecule has 0 saturated carbocycles. The SMILES string of the molecule is CCCCCCCCC(CCCCCC)C(=O)OCCCCCCN(CCCCCCOC(=O)C(CCCCCC)CCCCCCCC)CCCn1cccc1. The monoisotopic (exact) mass is 801 g/mol. The predicted octanol–water partition coefficient (Wildman–Crippen LogP) is 15.1. The number of aryl methyl sites for hydroxylation is 1. The van der Waals surface area contributed by atoms with Crippen molar-refractivity contribution in [2.24, 2.45) is 11.8 Å². The first-order chi connectivity index (χ1) is 28.0. The summed E-state index contributed by atoms with van der Waals surface area (Å²) in [5.41, 5.74) is 0. The maximum absolute atomic E-state index is 13.0. The highest BCUT2D eigenvalue weighted by Crippen LogP contribution is 2.22. The van der Waals surface area contributed by atoms with E-state index in [2.05, 4.69) is 61.7 Å². The second-order valence-corrected chi connectivity index (χ2v) is 17.5. The Hall–Kier alpha value is -1.82. The van der Waals surface area contributed by atoms with E-state index in [-0.39, 0.29) is 23.8 Å². The van der Waals surface area contributed by atoms with Crippen LogP contribution in [-0.4, -0.2) is 54.3 Å². The Labute approximate surface area is 354 Å². The Morgan fingerprint density at radius 3 is 1.14 bits per heavy atom. The van der Waals surface area contributed by atoms with Crippen LogP contribution in [0.15, 0.2) is 24.5 Å². The summed E-state index contributed by atoms with van der Waals surface area (Å²) in [7, 11) is 0.